The van der Waals surface area contributed by atoms with E-state index >= 15 is 0 Å². The summed E-state index contributed by atoms with van der Waals surface area (Å²) in [4.78, 5) is 0. The fraction of sp³-hybridized carbons (Fsp3) is 0.0769. The molecule has 0 spiro atoms. The molecule has 0 amide bonds. The molecule has 0 aliphatic heterocycles. The number of rotatable bonds is 3. The molecule has 0 aliphatic carbocycles. The number of benzene rings is 2. The van der Waals surface area contributed by atoms with Gasteiger partial charge in [-0.3, -0.25) is 0 Å². The van der Waals surface area contributed by atoms with E-state index in [1.807, 2.05) is 0 Å². The van der Waals surface area contributed by atoms with Crippen molar-refractivity contribution in [3.05, 3.63) is 50.7 Å². The minimum Gasteiger partial charge on any atom is -0.454 e. The molecular formula is C13H5BrCl2F4NO2S-. The molecule has 130 valence electrons. The zero-order valence-corrected chi connectivity index (χ0v) is 15.1. The molecule has 0 aliphatic rings. The van der Waals surface area contributed by atoms with Crippen molar-refractivity contribution in [1.82, 2.24) is 0 Å². The molecule has 0 saturated carbocycles. The third-order valence-electron chi connectivity index (χ3n) is 2.46. The van der Waals surface area contributed by atoms with Gasteiger partial charge in [-0.2, -0.15) is 13.2 Å². The van der Waals surface area contributed by atoms with Gasteiger partial charge in [0.05, 0.1) is 15.2 Å². The SMILES string of the molecule is O=[S-](=Nc1ccc(Cl)c(Br)c1Oc1cc(F)cc(Cl)c1)C(F)(F)F. The summed E-state index contributed by atoms with van der Waals surface area (Å²) in [6, 6.07) is 5.55. The van der Waals surface area contributed by atoms with Crippen molar-refractivity contribution in [2.24, 2.45) is 4.36 Å². The second-order valence-electron chi connectivity index (χ2n) is 4.20. The highest BCUT2D eigenvalue weighted by molar-refractivity contribution is 9.10. The van der Waals surface area contributed by atoms with Gasteiger partial charge in [0.1, 0.15) is 11.6 Å². The Morgan fingerprint density at radius 3 is 2.42 bits per heavy atom. The van der Waals surface area contributed by atoms with Crippen molar-refractivity contribution in [1.29, 1.82) is 0 Å². The van der Waals surface area contributed by atoms with Crippen LogP contribution in [0.1, 0.15) is 0 Å². The van der Waals surface area contributed by atoms with E-state index in [2.05, 4.69) is 20.3 Å². The van der Waals surface area contributed by atoms with E-state index in [9.17, 15) is 21.8 Å². The number of hydrogen-bond acceptors (Lipinski definition) is 4. The zero-order chi connectivity index (χ0) is 18.1. The topological polar surface area (TPSA) is 38.7 Å². The van der Waals surface area contributed by atoms with Crippen LogP contribution in [0.2, 0.25) is 10.0 Å². The second kappa shape index (κ2) is 7.47. The van der Waals surface area contributed by atoms with E-state index in [0.717, 1.165) is 18.2 Å². The van der Waals surface area contributed by atoms with E-state index < -0.39 is 21.9 Å². The molecule has 11 heteroatoms. The molecule has 0 fully saturated rings. The Kier molecular flexibility index (Phi) is 6.00. The highest BCUT2D eigenvalue weighted by Crippen LogP contribution is 2.43. The summed E-state index contributed by atoms with van der Waals surface area (Å²) in [5.74, 6) is -1.08. The highest BCUT2D eigenvalue weighted by Gasteiger charge is 2.20. The largest absolute Gasteiger partial charge is 0.454 e. The summed E-state index contributed by atoms with van der Waals surface area (Å²) in [6.07, 6.45) is 0. The van der Waals surface area contributed by atoms with Crippen LogP contribution in [0.4, 0.5) is 23.2 Å². The van der Waals surface area contributed by atoms with Gasteiger partial charge in [0.25, 0.3) is 0 Å². The Hall–Kier alpha value is -1.03. The van der Waals surface area contributed by atoms with Crippen molar-refractivity contribution in [3.63, 3.8) is 0 Å². The first-order valence-corrected chi connectivity index (χ1v) is 8.56. The molecule has 0 aromatic heterocycles. The monoisotopic (exact) mass is 464 g/mol. The maximum atomic E-state index is 13.4. The Bertz CT molecular complexity index is 850. The first-order chi connectivity index (χ1) is 11.1. The van der Waals surface area contributed by atoms with E-state index in [1.54, 1.807) is 0 Å². The predicted octanol–water partition coefficient (Wildman–Crippen LogP) is 6.99. The molecule has 0 radical (unpaired) electrons. The van der Waals surface area contributed by atoms with Gasteiger partial charge in [-0.05, 0) is 40.2 Å². The highest BCUT2D eigenvalue weighted by atomic mass is 79.9. The lowest BCUT2D eigenvalue weighted by Gasteiger charge is -2.15. The summed E-state index contributed by atoms with van der Waals surface area (Å²) >= 11 is 14.6. The summed E-state index contributed by atoms with van der Waals surface area (Å²) in [7, 11) is -3.50. The van der Waals surface area contributed by atoms with Crippen molar-refractivity contribution >= 4 is 55.4 Å². The standard InChI is InChI=1S/C13H5BrCl2F4NO2S/c14-11-9(16)1-2-10(21-24(22)13(18,19)20)12(11)23-8-4-6(15)3-7(17)5-8/h1-5H/q-1. The summed E-state index contributed by atoms with van der Waals surface area (Å²) in [5, 5.41) is 0.116. The smallest absolute Gasteiger partial charge is 0.357 e. The van der Waals surface area contributed by atoms with Crippen LogP contribution in [0.15, 0.2) is 39.2 Å². The Morgan fingerprint density at radius 1 is 1.17 bits per heavy atom. The lowest BCUT2D eigenvalue weighted by molar-refractivity contribution is -0.0375. The second-order valence-corrected chi connectivity index (χ2v) is 6.98. The first kappa shape index (κ1) is 19.3. The fourth-order valence-corrected chi connectivity index (χ4v) is 2.74. The fourth-order valence-electron chi connectivity index (χ4n) is 1.54. The lowest BCUT2D eigenvalue weighted by Crippen LogP contribution is -2.07. The summed E-state index contributed by atoms with van der Waals surface area (Å²) in [5.41, 5.74) is -5.42. The quantitative estimate of drug-likeness (QED) is 0.362. The molecular weight excluding hydrogens is 461 g/mol. The third-order valence-corrected chi connectivity index (χ3v) is 4.77. The van der Waals surface area contributed by atoms with Gasteiger partial charge in [0.2, 0.25) is 0 Å². The van der Waals surface area contributed by atoms with Gasteiger partial charge in [0, 0.05) is 11.1 Å². The number of halogens is 7. The van der Waals surface area contributed by atoms with E-state index in [0.29, 0.717) is 0 Å². The van der Waals surface area contributed by atoms with Gasteiger partial charge < -0.3 is 13.3 Å². The maximum Gasteiger partial charge on any atom is 0.357 e. The van der Waals surface area contributed by atoms with Crippen LogP contribution in [0, 0.1) is 5.82 Å². The zero-order valence-electron chi connectivity index (χ0n) is 11.2. The molecule has 0 bridgehead atoms. The van der Waals surface area contributed by atoms with Crippen LogP contribution in [-0.2, 0) is 14.8 Å². The molecule has 2 rings (SSSR count). The van der Waals surface area contributed by atoms with Crippen LogP contribution in [0.25, 0.3) is 0 Å². The minimum atomic E-state index is -5.04. The number of nitrogens with zero attached hydrogens (tertiary/aromatic N) is 1. The molecule has 0 saturated heterocycles. The Labute approximate surface area is 153 Å². The number of hydrogen-bond donors (Lipinski definition) is 0. The van der Waals surface area contributed by atoms with Crippen molar-refractivity contribution in [2.45, 2.75) is 5.51 Å². The van der Waals surface area contributed by atoms with Crippen LogP contribution >= 0.6 is 39.1 Å². The average Bonchev–Trinajstić information content (AvgIpc) is 2.44. The van der Waals surface area contributed by atoms with Crippen molar-refractivity contribution in [2.75, 3.05) is 0 Å². The van der Waals surface area contributed by atoms with Gasteiger partial charge in [-0.15, -0.1) is 0 Å². The molecule has 3 nitrogen and oxygen atoms in total. The molecule has 0 heterocycles. The molecule has 0 unspecified atom stereocenters. The van der Waals surface area contributed by atoms with Crippen LogP contribution in [-0.4, -0.2) is 5.51 Å². The van der Waals surface area contributed by atoms with Gasteiger partial charge >= 0.3 is 5.51 Å². The average molecular weight is 466 g/mol. The Balaban J connectivity index is 2.56. The van der Waals surface area contributed by atoms with Crippen LogP contribution in [0.5, 0.6) is 11.5 Å². The Morgan fingerprint density at radius 2 is 1.83 bits per heavy atom. The van der Waals surface area contributed by atoms with E-state index in [-0.39, 0.29) is 31.7 Å². The maximum absolute atomic E-state index is 13.4. The molecule has 2 aromatic carbocycles. The first-order valence-electron chi connectivity index (χ1n) is 5.90. The molecule has 0 N–H and O–H groups in total. The van der Waals surface area contributed by atoms with Crippen molar-refractivity contribution in [3.8, 4) is 11.5 Å². The molecule has 2 aromatic rings. The van der Waals surface area contributed by atoms with Gasteiger partial charge in [-0.25, -0.2) is 4.39 Å². The summed E-state index contributed by atoms with van der Waals surface area (Å²) in [6.45, 7) is 0. The van der Waals surface area contributed by atoms with Gasteiger partial charge in [-0.1, -0.05) is 33.8 Å². The third kappa shape index (κ3) is 4.75. The molecule has 0 atom stereocenters. The molecule has 24 heavy (non-hydrogen) atoms. The predicted molar refractivity (Wildman–Crippen MR) is 86.8 cm³/mol. The summed E-state index contributed by atoms with van der Waals surface area (Å²) < 4.78 is 70.3. The number of ether oxygens (including phenoxy) is 1. The van der Waals surface area contributed by atoms with E-state index in [4.69, 9.17) is 27.9 Å². The van der Waals surface area contributed by atoms with E-state index in [1.165, 1.54) is 12.1 Å². The van der Waals surface area contributed by atoms with Crippen LogP contribution < -0.4 is 4.74 Å². The van der Waals surface area contributed by atoms with Crippen molar-refractivity contribution < 1.29 is 26.5 Å². The normalized spacial score (nSPS) is 13.1. The lowest BCUT2D eigenvalue weighted by atomic mass is 10.3. The van der Waals surface area contributed by atoms with Gasteiger partial charge in [0.15, 0.2) is 5.75 Å². The minimum absolute atomic E-state index is 0.0144. The number of alkyl halides is 3. The van der Waals surface area contributed by atoms with Crippen LogP contribution in [0.3, 0.4) is 0 Å².